The van der Waals surface area contributed by atoms with Gasteiger partial charge in [-0.1, -0.05) is 61.8 Å². The summed E-state index contributed by atoms with van der Waals surface area (Å²) in [5, 5.41) is 11.1. The summed E-state index contributed by atoms with van der Waals surface area (Å²) in [6, 6.07) is 8.32. The summed E-state index contributed by atoms with van der Waals surface area (Å²) in [7, 11) is 4.21. The number of nitrogens with zero attached hydrogens (tertiary/aromatic N) is 4. The monoisotopic (exact) mass is 380 g/mol. The lowest BCUT2D eigenvalue weighted by molar-refractivity contribution is 0.270. The minimum Gasteiger partial charge on any atom is -0.305 e. The van der Waals surface area contributed by atoms with E-state index in [0.717, 1.165) is 47.4 Å². The van der Waals surface area contributed by atoms with Gasteiger partial charge in [-0.3, -0.25) is 4.90 Å². The molecular weight excluding hydrogens is 352 g/mol. The molecule has 6 heteroatoms. The van der Waals surface area contributed by atoms with Gasteiger partial charge in [0.25, 0.3) is 0 Å². The molecule has 2 atom stereocenters. The van der Waals surface area contributed by atoms with Gasteiger partial charge in [0, 0.05) is 16.8 Å². The average Bonchev–Trinajstić information content (AvgIpc) is 2.96. The quantitative estimate of drug-likeness (QED) is 0.530. The van der Waals surface area contributed by atoms with Crippen LogP contribution in [0, 0.1) is 0 Å². The Hall–Kier alpha value is -1.04. The van der Waals surface area contributed by atoms with E-state index < -0.39 is 0 Å². The van der Waals surface area contributed by atoms with E-state index in [1.807, 2.05) is 18.2 Å². The van der Waals surface area contributed by atoms with Crippen molar-refractivity contribution in [1.29, 1.82) is 0 Å². The van der Waals surface area contributed by atoms with Crippen molar-refractivity contribution in [3.8, 4) is 0 Å². The summed E-state index contributed by atoms with van der Waals surface area (Å²) in [6.45, 7) is 7.55. The van der Waals surface area contributed by atoms with Crippen molar-refractivity contribution in [2.24, 2.45) is 0 Å². The first-order valence-corrected chi connectivity index (χ1v) is 10.3. The van der Waals surface area contributed by atoms with Crippen LogP contribution in [0.5, 0.6) is 0 Å². The van der Waals surface area contributed by atoms with E-state index in [9.17, 15) is 0 Å². The standard InChI is InChI=1S/C19H29ClN4S/c1-6-8-13-24-18(17(7-2)23(4)5)21-22-19(24)25-14(3)15-11-9-10-12-16(15)20/h9-12,14,17H,6-8,13H2,1-5H3. The Labute approximate surface area is 161 Å². The Morgan fingerprint density at radius 1 is 1.20 bits per heavy atom. The third kappa shape index (κ3) is 4.99. The largest absolute Gasteiger partial charge is 0.305 e. The molecule has 0 saturated carbocycles. The Bertz CT molecular complexity index is 671. The molecule has 4 nitrogen and oxygen atoms in total. The summed E-state index contributed by atoms with van der Waals surface area (Å²) in [5.74, 6) is 1.06. The summed E-state index contributed by atoms with van der Waals surface area (Å²) in [5.41, 5.74) is 1.14. The topological polar surface area (TPSA) is 34.0 Å². The SMILES string of the molecule is CCCCn1c(SC(C)c2ccccc2Cl)nnc1C(CC)N(C)C. The maximum absolute atomic E-state index is 6.37. The van der Waals surface area contributed by atoms with E-state index in [1.54, 1.807) is 11.8 Å². The maximum atomic E-state index is 6.37. The number of rotatable bonds is 9. The molecule has 1 aromatic heterocycles. The smallest absolute Gasteiger partial charge is 0.191 e. The highest BCUT2D eigenvalue weighted by Crippen LogP contribution is 2.38. The number of unbranched alkanes of at least 4 members (excludes halogenated alkanes) is 1. The van der Waals surface area contributed by atoms with Crippen LogP contribution in [0.4, 0.5) is 0 Å². The lowest BCUT2D eigenvalue weighted by Crippen LogP contribution is -2.23. The number of aromatic nitrogens is 3. The van der Waals surface area contributed by atoms with Crippen LogP contribution in [0.2, 0.25) is 5.02 Å². The van der Waals surface area contributed by atoms with E-state index in [0.29, 0.717) is 0 Å². The predicted molar refractivity (Wildman–Crippen MR) is 107 cm³/mol. The Kier molecular flexibility index (Phi) is 7.79. The molecule has 1 aromatic carbocycles. The molecule has 0 radical (unpaired) electrons. The molecule has 0 aliphatic carbocycles. The van der Waals surface area contributed by atoms with Crippen molar-refractivity contribution >= 4 is 23.4 Å². The van der Waals surface area contributed by atoms with E-state index in [2.05, 4.69) is 60.6 Å². The Morgan fingerprint density at radius 3 is 2.52 bits per heavy atom. The molecule has 138 valence electrons. The molecule has 1 heterocycles. The molecule has 2 unspecified atom stereocenters. The second-order valence-electron chi connectivity index (χ2n) is 6.52. The predicted octanol–water partition coefficient (Wildman–Crippen LogP) is 5.60. The van der Waals surface area contributed by atoms with Crippen LogP contribution >= 0.6 is 23.4 Å². The van der Waals surface area contributed by atoms with Gasteiger partial charge in [-0.05, 0) is 45.5 Å². The fourth-order valence-corrected chi connectivity index (χ4v) is 4.38. The third-order valence-corrected chi connectivity index (χ3v) is 5.88. The zero-order chi connectivity index (χ0) is 18.4. The molecule has 0 N–H and O–H groups in total. The number of halogens is 1. The van der Waals surface area contributed by atoms with Crippen LogP contribution in [0.25, 0.3) is 0 Å². The maximum Gasteiger partial charge on any atom is 0.191 e. The van der Waals surface area contributed by atoms with Crippen LogP contribution in [-0.4, -0.2) is 33.8 Å². The summed E-state index contributed by atoms with van der Waals surface area (Å²) in [6.07, 6.45) is 3.30. The fraction of sp³-hybridized carbons (Fsp3) is 0.579. The Balaban J connectivity index is 2.30. The highest BCUT2D eigenvalue weighted by Gasteiger charge is 2.23. The van der Waals surface area contributed by atoms with Crippen molar-refractivity contribution in [1.82, 2.24) is 19.7 Å². The van der Waals surface area contributed by atoms with Gasteiger partial charge in [0.15, 0.2) is 11.0 Å². The molecule has 2 rings (SSSR count). The minimum absolute atomic E-state index is 0.227. The minimum atomic E-state index is 0.227. The van der Waals surface area contributed by atoms with Crippen LogP contribution in [0.15, 0.2) is 29.4 Å². The van der Waals surface area contributed by atoms with Gasteiger partial charge in [-0.2, -0.15) is 0 Å². The van der Waals surface area contributed by atoms with Gasteiger partial charge in [-0.15, -0.1) is 10.2 Å². The van der Waals surface area contributed by atoms with Gasteiger partial charge in [0.1, 0.15) is 0 Å². The first-order valence-electron chi connectivity index (χ1n) is 9.00. The van der Waals surface area contributed by atoms with Crippen molar-refractivity contribution in [2.45, 2.75) is 63.0 Å². The van der Waals surface area contributed by atoms with Gasteiger partial charge < -0.3 is 4.57 Å². The molecule has 0 saturated heterocycles. The van der Waals surface area contributed by atoms with Crippen LogP contribution in [0.1, 0.15) is 62.7 Å². The van der Waals surface area contributed by atoms with E-state index in [-0.39, 0.29) is 11.3 Å². The molecule has 0 aliphatic rings. The van der Waals surface area contributed by atoms with Crippen molar-refractivity contribution < 1.29 is 0 Å². The number of hydrogen-bond acceptors (Lipinski definition) is 4. The Morgan fingerprint density at radius 2 is 1.92 bits per heavy atom. The first kappa shape index (κ1) is 20.3. The van der Waals surface area contributed by atoms with Gasteiger partial charge in [-0.25, -0.2) is 0 Å². The number of benzene rings is 1. The molecular formula is C19H29ClN4S. The number of hydrogen-bond donors (Lipinski definition) is 0. The van der Waals surface area contributed by atoms with Crippen molar-refractivity contribution in [2.75, 3.05) is 14.1 Å². The molecule has 25 heavy (non-hydrogen) atoms. The molecule has 2 aromatic rings. The molecule has 0 fully saturated rings. The van der Waals surface area contributed by atoms with Gasteiger partial charge in [0.2, 0.25) is 0 Å². The fourth-order valence-electron chi connectivity index (χ4n) is 2.97. The first-order chi connectivity index (χ1) is 12.0. The van der Waals surface area contributed by atoms with E-state index >= 15 is 0 Å². The summed E-state index contributed by atoms with van der Waals surface area (Å²) >= 11 is 8.10. The second-order valence-corrected chi connectivity index (χ2v) is 8.23. The zero-order valence-corrected chi connectivity index (χ0v) is 17.4. The molecule has 0 spiro atoms. The highest BCUT2D eigenvalue weighted by molar-refractivity contribution is 7.99. The van der Waals surface area contributed by atoms with Crippen LogP contribution in [-0.2, 0) is 6.54 Å². The van der Waals surface area contributed by atoms with E-state index in [1.165, 1.54) is 0 Å². The lowest BCUT2D eigenvalue weighted by Gasteiger charge is -2.23. The number of thioether (sulfide) groups is 1. The molecule has 0 bridgehead atoms. The lowest BCUT2D eigenvalue weighted by atomic mass is 10.2. The van der Waals surface area contributed by atoms with Crippen molar-refractivity contribution in [3.05, 3.63) is 40.7 Å². The average molecular weight is 381 g/mol. The second kappa shape index (κ2) is 9.60. The normalized spacial score (nSPS) is 14.0. The summed E-state index contributed by atoms with van der Waals surface area (Å²) < 4.78 is 2.30. The zero-order valence-electron chi connectivity index (χ0n) is 15.9. The van der Waals surface area contributed by atoms with Crippen LogP contribution in [0.3, 0.4) is 0 Å². The van der Waals surface area contributed by atoms with Gasteiger partial charge >= 0.3 is 0 Å². The molecule has 0 aliphatic heterocycles. The highest BCUT2D eigenvalue weighted by atomic mass is 35.5. The third-order valence-electron chi connectivity index (χ3n) is 4.41. The van der Waals surface area contributed by atoms with Gasteiger partial charge in [0.05, 0.1) is 6.04 Å². The van der Waals surface area contributed by atoms with E-state index in [4.69, 9.17) is 11.6 Å². The van der Waals surface area contributed by atoms with Crippen molar-refractivity contribution in [3.63, 3.8) is 0 Å². The molecule has 0 amide bonds. The van der Waals surface area contributed by atoms with Crippen LogP contribution < -0.4 is 0 Å². The summed E-state index contributed by atoms with van der Waals surface area (Å²) in [4.78, 5) is 2.22.